The predicted octanol–water partition coefficient (Wildman–Crippen LogP) is 2.96. The quantitative estimate of drug-likeness (QED) is 0.880. The number of fused-ring (bicyclic) bond motifs is 1. The first-order valence-electron chi connectivity index (χ1n) is 6.92. The fourth-order valence-electron chi connectivity index (χ4n) is 2.83. The van der Waals surface area contributed by atoms with Gasteiger partial charge in [0.2, 0.25) is 5.91 Å². The Morgan fingerprint density at radius 3 is 2.50 bits per heavy atom. The molecule has 2 amide bonds. The smallest absolute Gasteiger partial charge is 0.251 e. The highest BCUT2D eigenvalue weighted by atomic mass is 32.1. The van der Waals surface area contributed by atoms with Crippen LogP contribution in [-0.2, 0) is 17.6 Å². The third kappa shape index (κ3) is 2.87. The third-order valence-electron chi connectivity index (χ3n) is 4.03. The predicted molar refractivity (Wildman–Crippen MR) is 82.1 cm³/mol. The van der Waals surface area contributed by atoms with Crippen molar-refractivity contribution in [3.8, 4) is 0 Å². The SMILES string of the molecule is CC(=O)Nc1sc2c(c1C(N)=O)CCC(C(C)(C)C)C2. The van der Waals surface area contributed by atoms with Gasteiger partial charge in [0.25, 0.3) is 5.91 Å². The van der Waals surface area contributed by atoms with E-state index < -0.39 is 5.91 Å². The fourth-order valence-corrected chi connectivity index (χ4v) is 4.21. The van der Waals surface area contributed by atoms with E-state index in [0.29, 0.717) is 16.5 Å². The number of carbonyl (C=O) groups is 2. The molecule has 0 spiro atoms. The molecule has 0 fully saturated rings. The second-order valence-electron chi connectivity index (χ2n) is 6.56. The summed E-state index contributed by atoms with van der Waals surface area (Å²) in [4.78, 5) is 24.2. The molecule has 110 valence electrons. The summed E-state index contributed by atoms with van der Waals surface area (Å²) in [5, 5.41) is 3.36. The zero-order valence-corrected chi connectivity index (χ0v) is 13.3. The van der Waals surface area contributed by atoms with Crippen molar-refractivity contribution in [3.05, 3.63) is 16.0 Å². The van der Waals surface area contributed by atoms with Crippen LogP contribution >= 0.6 is 11.3 Å². The van der Waals surface area contributed by atoms with Gasteiger partial charge in [0.05, 0.1) is 5.56 Å². The van der Waals surface area contributed by atoms with E-state index >= 15 is 0 Å². The Labute approximate surface area is 123 Å². The number of primary amides is 1. The van der Waals surface area contributed by atoms with E-state index in [4.69, 9.17) is 5.73 Å². The molecular weight excluding hydrogens is 272 g/mol. The molecule has 1 heterocycles. The van der Waals surface area contributed by atoms with Gasteiger partial charge in [0, 0.05) is 11.8 Å². The zero-order chi connectivity index (χ0) is 15.1. The van der Waals surface area contributed by atoms with Gasteiger partial charge in [-0.2, -0.15) is 0 Å². The maximum absolute atomic E-state index is 11.7. The van der Waals surface area contributed by atoms with Gasteiger partial charge < -0.3 is 11.1 Å². The molecule has 5 heteroatoms. The molecule has 0 bridgehead atoms. The Bertz CT molecular complexity index is 555. The monoisotopic (exact) mass is 294 g/mol. The lowest BCUT2D eigenvalue weighted by Gasteiger charge is -2.33. The van der Waals surface area contributed by atoms with Crippen LogP contribution in [0.25, 0.3) is 0 Å². The Balaban J connectivity index is 2.39. The first kappa shape index (κ1) is 15.0. The van der Waals surface area contributed by atoms with Crippen LogP contribution < -0.4 is 11.1 Å². The molecule has 0 saturated carbocycles. The maximum Gasteiger partial charge on any atom is 0.251 e. The normalized spacial score (nSPS) is 18.5. The van der Waals surface area contributed by atoms with Gasteiger partial charge in [-0.15, -0.1) is 11.3 Å². The van der Waals surface area contributed by atoms with Gasteiger partial charge in [-0.05, 0) is 36.2 Å². The highest BCUT2D eigenvalue weighted by molar-refractivity contribution is 7.17. The number of hydrogen-bond donors (Lipinski definition) is 2. The lowest BCUT2D eigenvalue weighted by atomic mass is 9.72. The number of hydrogen-bond acceptors (Lipinski definition) is 3. The lowest BCUT2D eigenvalue weighted by Crippen LogP contribution is -2.27. The molecule has 20 heavy (non-hydrogen) atoms. The van der Waals surface area contributed by atoms with Gasteiger partial charge in [0.1, 0.15) is 5.00 Å². The van der Waals surface area contributed by atoms with E-state index in [2.05, 4.69) is 26.1 Å². The van der Waals surface area contributed by atoms with Crippen molar-refractivity contribution in [1.29, 1.82) is 0 Å². The minimum atomic E-state index is -0.444. The van der Waals surface area contributed by atoms with Crippen LogP contribution in [0.1, 0.15) is 54.9 Å². The number of nitrogens with two attached hydrogens (primary N) is 1. The van der Waals surface area contributed by atoms with Crippen LogP contribution in [0.3, 0.4) is 0 Å². The van der Waals surface area contributed by atoms with Crippen LogP contribution in [0, 0.1) is 11.3 Å². The van der Waals surface area contributed by atoms with Gasteiger partial charge >= 0.3 is 0 Å². The average Bonchev–Trinajstić information content (AvgIpc) is 2.63. The second kappa shape index (κ2) is 5.20. The van der Waals surface area contributed by atoms with Crippen molar-refractivity contribution >= 4 is 28.2 Å². The van der Waals surface area contributed by atoms with Gasteiger partial charge in [-0.25, -0.2) is 0 Å². The highest BCUT2D eigenvalue weighted by Crippen LogP contribution is 2.44. The van der Waals surface area contributed by atoms with E-state index in [1.54, 1.807) is 0 Å². The molecular formula is C15H22N2O2S. The van der Waals surface area contributed by atoms with Gasteiger partial charge in [-0.3, -0.25) is 9.59 Å². The minimum absolute atomic E-state index is 0.168. The number of amides is 2. The number of anilines is 1. The summed E-state index contributed by atoms with van der Waals surface area (Å²) in [6.45, 7) is 8.20. The van der Waals surface area contributed by atoms with Crippen molar-refractivity contribution in [2.45, 2.75) is 47.0 Å². The molecule has 0 saturated heterocycles. The van der Waals surface area contributed by atoms with Crippen LogP contribution in [0.4, 0.5) is 5.00 Å². The van der Waals surface area contributed by atoms with Crippen molar-refractivity contribution < 1.29 is 9.59 Å². The molecule has 1 aliphatic rings. The standard InChI is InChI=1S/C15H22N2O2S/c1-8(18)17-14-12(13(16)19)10-6-5-9(15(2,3)4)7-11(10)20-14/h9H,5-7H2,1-4H3,(H2,16,19)(H,17,18). The van der Waals surface area contributed by atoms with Crippen molar-refractivity contribution in [2.24, 2.45) is 17.1 Å². The van der Waals surface area contributed by atoms with E-state index in [1.807, 2.05) is 0 Å². The topological polar surface area (TPSA) is 72.2 Å². The van der Waals surface area contributed by atoms with Crippen LogP contribution in [0.5, 0.6) is 0 Å². The largest absolute Gasteiger partial charge is 0.365 e. The van der Waals surface area contributed by atoms with Crippen molar-refractivity contribution in [3.63, 3.8) is 0 Å². The maximum atomic E-state index is 11.7. The summed E-state index contributed by atoms with van der Waals surface area (Å²) in [7, 11) is 0. The molecule has 3 N–H and O–H groups in total. The molecule has 4 nitrogen and oxygen atoms in total. The molecule has 1 unspecified atom stereocenters. The van der Waals surface area contributed by atoms with Crippen LogP contribution in [0.15, 0.2) is 0 Å². The first-order chi connectivity index (χ1) is 9.20. The van der Waals surface area contributed by atoms with Crippen LogP contribution in [0.2, 0.25) is 0 Å². The van der Waals surface area contributed by atoms with Crippen molar-refractivity contribution in [1.82, 2.24) is 0 Å². The Kier molecular flexibility index (Phi) is 3.91. The van der Waals surface area contributed by atoms with Gasteiger partial charge in [0.15, 0.2) is 0 Å². The van der Waals surface area contributed by atoms with E-state index in [0.717, 1.165) is 24.8 Å². The number of carbonyl (C=O) groups excluding carboxylic acids is 2. The summed E-state index contributed by atoms with van der Waals surface area (Å²) in [5.74, 6) is -0.0153. The number of rotatable bonds is 2. The lowest BCUT2D eigenvalue weighted by molar-refractivity contribution is -0.114. The molecule has 2 rings (SSSR count). The minimum Gasteiger partial charge on any atom is -0.365 e. The van der Waals surface area contributed by atoms with E-state index in [-0.39, 0.29) is 11.3 Å². The molecule has 1 atom stereocenters. The Hall–Kier alpha value is -1.36. The van der Waals surface area contributed by atoms with E-state index in [1.165, 1.54) is 23.1 Å². The molecule has 0 aliphatic heterocycles. The number of nitrogens with one attached hydrogen (secondary N) is 1. The third-order valence-corrected chi connectivity index (χ3v) is 5.20. The van der Waals surface area contributed by atoms with E-state index in [9.17, 15) is 9.59 Å². The summed E-state index contributed by atoms with van der Waals surface area (Å²) in [6, 6.07) is 0. The molecule has 1 aliphatic carbocycles. The summed E-state index contributed by atoms with van der Waals surface area (Å²) < 4.78 is 0. The molecule has 0 radical (unpaired) electrons. The second-order valence-corrected chi connectivity index (χ2v) is 7.66. The molecule has 1 aromatic heterocycles. The van der Waals surface area contributed by atoms with Crippen molar-refractivity contribution in [2.75, 3.05) is 5.32 Å². The van der Waals surface area contributed by atoms with Crippen LogP contribution in [-0.4, -0.2) is 11.8 Å². The first-order valence-corrected chi connectivity index (χ1v) is 7.73. The van der Waals surface area contributed by atoms with Gasteiger partial charge in [-0.1, -0.05) is 20.8 Å². The zero-order valence-electron chi connectivity index (χ0n) is 12.5. The number of thiophene rings is 1. The summed E-state index contributed by atoms with van der Waals surface area (Å²) >= 11 is 1.51. The molecule has 0 aromatic carbocycles. The fraction of sp³-hybridized carbons (Fsp3) is 0.600. The highest BCUT2D eigenvalue weighted by Gasteiger charge is 2.33. The summed E-state index contributed by atoms with van der Waals surface area (Å²) in [5.41, 5.74) is 7.32. The summed E-state index contributed by atoms with van der Waals surface area (Å²) in [6.07, 6.45) is 2.89. The Morgan fingerprint density at radius 1 is 1.35 bits per heavy atom. The average molecular weight is 294 g/mol. The Morgan fingerprint density at radius 2 is 2.00 bits per heavy atom. The molecule has 1 aromatic rings.